The third kappa shape index (κ3) is 2.40. The summed E-state index contributed by atoms with van der Waals surface area (Å²) in [6, 6.07) is 5.09. The van der Waals surface area contributed by atoms with E-state index in [0.29, 0.717) is 11.5 Å². The van der Waals surface area contributed by atoms with Crippen LogP contribution in [0.1, 0.15) is 50.3 Å². The summed E-state index contributed by atoms with van der Waals surface area (Å²) in [6.07, 6.45) is 9.14. The molecule has 0 spiro atoms. The third-order valence-corrected chi connectivity index (χ3v) is 7.84. The molecule has 3 heteroatoms. The lowest BCUT2D eigenvalue weighted by Crippen LogP contribution is -2.54. The maximum Gasteiger partial charge on any atom is 0.0701 e. The van der Waals surface area contributed by atoms with Crippen LogP contribution in [0, 0.1) is 23.2 Å². The van der Waals surface area contributed by atoms with E-state index in [1.165, 1.54) is 27.9 Å². The zero-order valence-electron chi connectivity index (χ0n) is 12.2. The van der Waals surface area contributed by atoms with Crippen molar-refractivity contribution in [2.75, 3.05) is 0 Å². The van der Waals surface area contributed by atoms with E-state index < -0.39 is 0 Å². The van der Waals surface area contributed by atoms with Crippen LogP contribution in [0.25, 0.3) is 0 Å². The first-order valence-corrected chi connectivity index (χ1v) is 9.71. The van der Waals surface area contributed by atoms with E-state index in [4.69, 9.17) is 0 Å². The number of rotatable bonds is 4. The molecule has 20 heavy (non-hydrogen) atoms. The van der Waals surface area contributed by atoms with Crippen LogP contribution in [0.4, 0.5) is 0 Å². The highest BCUT2D eigenvalue weighted by atomic mass is 79.9. The van der Waals surface area contributed by atoms with Gasteiger partial charge in [-0.15, -0.1) is 11.3 Å². The molecular formula is C17H24BrNS. The lowest BCUT2D eigenvalue weighted by atomic mass is 9.48. The van der Waals surface area contributed by atoms with E-state index in [1.54, 1.807) is 19.3 Å². The Morgan fingerprint density at radius 3 is 2.30 bits per heavy atom. The fourth-order valence-corrected chi connectivity index (χ4v) is 7.06. The molecule has 4 saturated carbocycles. The van der Waals surface area contributed by atoms with E-state index in [1.807, 2.05) is 11.3 Å². The van der Waals surface area contributed by atoms with E-state index in [-0.39, 0.29) is 0 Å². The Morgan fingerprint density at radius 2 is 1.80 bits per heavy atom. The minimum atomic E-state index is 0.628. The average Bonchev–Trinajstić information content (AvgIpc) is 2.80. The standard InChI is InChI=1S/C17H24BrNS/c1-11(19-10-15-2-3-16(18)20-15)17-7-12-4-13(8-17)6-14(5-12)9-17/h2-3,11-14,19H,4-10H2,1H3. The minimum Gasteiger partial charge on any atom is -0.309 e. The summed E-state index contributed by atoms with van der Waals surface area (Å²) >= 11 is 5.42. The first-order valence-electron chi connectivity index (χ1n) is 8.10. The topological polar surface area (TPSA) is 12.0 Å². The molecular weight excluding hydrogens is 330 g/mol. The van der Waals surface area contributed by atoms with Crippen LogP contribution in [-0.2, 0) is 6.54 Å². The van der Waals surface area contributed by atoms with Crippen LogP contribution in [0.2, 0.25) is 0 Å². The molecule has 0 radical (unpaired) electrons. The molecule has 1 N–H and O–H groups in total. The predicted molar refractivity (Wildman–Crippen MR) is 88.9 cm³/mol. The van der Waals surface area contributed by atoms with Crippen molar-refractivity contribution in [3.63, 3.8) is 0 Å². The molecule has 0 amide bonds. The fraction of sp³-hybridized carbons (Fsp3) is 0.765. The van der Waals surface area contributed by atoms with E-state index in [2.05, 4.69) is 40.3 Å². The predicted octanol–water partition coefficient (Wildman–Crippen LogP) is 5.21. The van der Waals surface area contributed by atoms with Crippen LogP contribution < -0.4 is 5.32 Å². The van der Waals surface area contributed by atoms with Gasteiger partial charge < -0.3 is 5.32 Å². The van der Waals surface area contributed by atoms with Crippen molar-refractivity contribution >= 4 is 27.3 Å². The summed E-state index contributed by atoms with van der Waals surface area (Å²) in [4.78, 5) is 1.45. The maximum absolute atomic E-state index is 3.86. The number of hydrogen-bond acceptors (Lipinski definition) is 2. The lowest BCUT2D eigenvalue weighted by molar-refractivity contribution is -0.0706. The van der Waals surface area contributed by atoms with Crippen molar-refractivity contribution in [2.24, 2.45) is 23.2 Å². The van der Waals surface area contributed by atoms with Gasteiger partial charge in [0, 0.05) is 17.5 Å². The van der Waals surface area contributed by atoms with Crippen molar-refractivity contribution in [3.05, 3.63) is 20.8 Å². The summed E-state index contributed by atoms with van der Waals surface area (Å²) in [5.74, 6) is 3.17. The highest BCUT2D eigenvalue weighted by Gasteiger charge is 2.52. The molecule has 0 aromatic carbocycles. The van der Waals surface area contributed by atoms with Gasteiger partial charge in [-0.3, -0.25) is 0 Å². The smallest absolute Gasteiger partial charge is 0.0701 e. The summed E-state index contributed by atoms with van der Waals surface area (Å²) in [6.45, 7) is 3.50. The Kier molecular flexibility index (Phi) is 3.51. The van der Waals surface area contributed by atoms with Crippen LogP contribution in [0.3, 0.4) is 0 Å². The zero-order valence-corrected chi connectivity index (χ0v) is 14.6. The van der Waals surface area contributed by atoms with Crippen molar-refractivity contribution in [2.45, 2.75) is 58.0 Å². The molecule has 1 atom stereocenters. The Morgan fingerprint density at radius 1 is 1.20 bits per heavy atom. The lowest BCUT2D eigenvalue weighted by Gasteiger charge is -2.59. The molecule has 1 aromatic rings. The monoisotopic (exact) mass is 353 g/mol. The number of nitrogens with one attached hydrogen (secondary N) is 1. The van der Waals surface area contributed by atoms with Gasteiger partial charge in [-0.25, -0.2) is 0 Å². The van der Waals surface area contributed by atoms with E-state index in [9.17, 15) is 0 Å². The summed E-state index contributed by atoms with van der Waals surface area (Å²) in [5, 5.41) is 3.86. The first kappa shape index (κ1) is 13.8. The summed E-state index contributed by atoms with van der Waals surface area (Å²) in [5.41, 5.74) is 0.628. The van der Waals surface area contributed by atoms with Crippen molar-refractivity contribution in [3.8, 4) is 0 Å². The Hall–Kier alpha value is 0.140. The molecule has 110 valence electrons. The second-order valence-electron chi connectivity index (χ2n) is 7.59. The summed E-state index contributed by atoms with van der Waals surface area (Å²) in [7, 11) is 0. The fourth-order valence-electron chi connectivity index (χ4n) is 5.62. The molecule has 1 aromatic heterocycles. The van der Waals surface area contributed by atoms with Gasteiger partial charge in [0.2, 0.25) is 0 Å². The van der Waals surface area contributed by atoms with E-state index in [0.717, 1.165) is 24.3 Å². The van der Waals surface area contributed by atoms with Crippen molar-refractivity contribution in [1.82, 2.24) is 5.32 Å². The quantitative estimate of drug-likeness (QED) is 0.783. The van der Waals surface area contributed by atoms with Crippen LogP contribution in [-0.4, -0.2) is 6.04 Å². The zero-order chi connectivity index (χ0) is 13.7. The van der Waals surface area contributed by atoms with Gasteiger partial charge in [-0.1, -0.05) is 0 Å². The molecule has 4 fully saturated rings. The molecule has 1 heterocycles. The Bertz CT molecular complexity index is 460. The number of hydrogen-bond donors (Lipinski definition) is 1. The minimum absolute atomic E-state index is 0.628. The molecule has 1 unspecified atom stereocenters. The van der Waals surface area contributed by atoms with Crippen molar-refractivity contribution < 1.29 is 0 Å². The van der Waals surface area contributed by atoms with Crippen LogP contribution >= 0.6 is 27.3 Å². The molecule has 4 aliphatic carbocycles. The molecule has 0 aliphatic heterocycles. The summed E-state index contributed by atoms with van der Waals surface area (Å²) < 4.78 is 1.25. The molecule has 1 nitrogen and oxygen atoms in total. The third-order valence-electron chi connectivity index (χ3n) is 6.22. The van der Waals surface area contributed by atoms with E-state index >= 15 is 0 Å². The molecule has 4 aliphatic rings. The SMILES string of the molecule is CC(NCc1ccc(Br)s1)C12CC3CC(CC(C3)C1)C2. The maximum atomic E-state index is 3.86. The van der Waals surface area contributed by atoms with Gasteiger partial charge in [0.1, 0.15) is 0 Å². The number of thiophene rings is 1. The second-order valence-corrected chi connectivity index (χ2v) is 10.1. The highest BCUT2D eigenvalue weighted by molar-refractivity contribution is 9.11. The van der Waals surface area contributed by atoms with Gasteiger partial charge in [0.15, 0.2) is 0 Å². The Balaban J connectivity index is 1.44. The normalized spacial score (nSPS) is 40.2. The van der Waals surface area contributed by atoms with Crippen LogP contribution in [0.15, 0.2) is 15.9 Å². The van der Waals surface area contributed by atoms with Gasteiger partial charge >= 0.3 is 0 Å². The first-order chi connectivity index (χ1) is 9.63. The van der Waals surface area contributed by atoms with Gasteiger partial charge in [0.25, 0.3) is 0 Å². The largest absolute Gasteiger partial charge is 0.309 e. The Labute approximate surface area is 134 Å². The van der Waals surface area contributed by atoms with Crippen LogP contribution in [0.5, 0.6) is 0 Å². The molecule has 0 saturated heterocycles. The molecule has 4 bridgehead atoms. The number of halogens is 1. The highest BCUT2D eigenvalue weighted by Crippen LogP contribution is 2.61. The van der Waals surface area contributed by atoms with Gasteiger partial charge in [-0.05, 0) is 96.7 Å². The van der Waals surface area contributed by atoms with Crippen molar-refractivity contribution in [1.29, 1.82) is 0 Å². The average molecular weight is 354 g/mol. The van der Waals surface area contributed by atoms with Gasteiger partial charge in [0.05, 0.1) is 3.79 Å². The molecule has 5 rings (SSSR count). The second kappa shape index (κ2) is 5.10. The van der Waals surface area contributed by atoms with Gasteiger partial charge in [-0.2, -0.15) is 0 Å².